The van der Waals surface area contributed by atoms with Crippen molar-refractivity contribution in [3.63, 3.8) is 0 Å². The van der Waals surface area contributed by atoms with E-state index in [-0.39, 0.29) is 43.0 Å². The maximum Gasteiger partial charge on any atom is 0.204 e. The van der Waals surface area contributed by atoms with Gasteiger partial charge in [0.25, 0.3) is 0 Å². The summed E-state index contributed by atoms with van der Waals surface area (Å²) < 4.78 is 73.9. The minimum absolute atomic E-state index is 0.0472. The zero-order valence-electron chi connectivity index (χ0n) is 18.8. The zero-order valence-corrected chi connectivity index (χ0v) is 18.8. The van der Waals surface area contributed by atoms with Crippen LogP contribution < -0.4 is 9.47 Å². The summed E-state index contributed by atoms with van der Waals surface area (Å²) in [6, 6.07) is 2.76. The van der Waals surface area contributed by atoms with Gasteiger partial charge in [0.2, 0.25) is 11.6 Å². The van der Waals surface area contributed by atoms with Crippen LogP contribution in [0.5, 0.6) is 11.5 Å². The topological polar surface area (TPSA) is 27.7 Å². The van der Waals surface area contributed by atoms with E-state index in [9.17, 15) is 17.6 Å². The molecule has 0 bridgehead atoms. The second-order valence-corrected chi connectivity index (χ2v) is 8.47. The van der Waals surface area contributed by atoms with Crippen LogP contribution in [-0.2, 0) is 4.74 Å². The van der Waals surface area contributed by atoms with Crippen molar-refractivity contribution in [3.8, 4) is 11.5 Å². The largest absolute Gasteiger partial charge is 0.490 e. The van der Waals surface area contributed by atoms with Crippen LogP contribution in [0.4, 0.5) is 17.6 Å². The summed E-state index contributed by atoms with van der Waals surface area (Å²) in [7, 11) is 0. The Morgan fingerprint density at radius 1 is 0.938 bits per heavy atom. The quantitative estimate of drug-likeness (QED) is 0.211. The van der Waals surface area contributed by atoms with Crippen molar-refractivity contribution in [1.82, 2.24) is 0 Å². The van der Waals surface area contributed by atoms with Gasteiger partial charge in [-0.05, 0) is 69.1 Å². The predicted octanol–water partition coefficient (Wildman–Crippen LogP) is 7.21. The maximum atomic E-state index is 14.8. The van der Waals surface area contributed by atoms with E-state index in [0.717, 1.165) is 12.8 Å². The Kier molecular flexibility index (Phi) is 8.63. The van der Waals surface area contributed by atoms with E-state index in [4.69, 9.17) is 14.2 Å². The highest BCUT2D eigenvalue weighted by molar-refractivity contribution is 5.35. The fraction of sp³-hybridized carbons (Fsp3) is 0.600. The molecule has 0 radical (unpaired) electrons. The zero-order chi connectivity index (χ0) is 23.1. The van der Waals surface area contributed by atoms with Crippen molar-refractivity contribution in [1.29, 1.82) is 0 Å². The first-order chi connectivity index (χ1) is 15.4. The molecule has 0 N–H and O–H groups in total. The smallest absolute Gasteiger partial charge is 0.204 e. The molecule has 0 heterocycles. The molecule has 7 heteroatoms. The van der Waals surface area contributed by atoms with Gasteiger partial charge >= 0.3 is 0 Å². The Hall–Kier alpha value is -2.02. The molecule has 2 aliphatic carbocycles. The third kappa shape index (κ3) is 5.30. The summed E-state index contributed by atoms with van der Waals surface area (Å²) in [6.45, 7) is 4.58. The Morgan fingerprint density at radius 2 is 1.59 bits per heavy atom. The Labute approximate surface area is 187 Å². The third-order valence-electron chi connectivity index (χ3n) is 6.32. The molecular formula is C25H32F4O3. The molecule has 1 aromatic rings. The van der Waals surface area contributed by atoms with Gasteiger partial charge in [-0.1, -0.05) is 19.4 Å². The molecule has 1 fully saturated rings. The molecule has 3 nitrogen and oxygen atoms in total. The van der Waals surface area contributed by atoms with E-state index in [1.165, 1.54) is 12.1 Å². The molecule has 0 aliphatic heterocycles. The normalized spacial score (nSPS) is 25.8. The number of rotatable bonds is 10. The molecule has 1 unspecified atom stereocenters. The van der Waals surface area contributed by atoms with Gasteiger partial charge in [0.1, 0.15) is 11.4 Å². The fourth-order valence-electron chi connectivity index (χ4n) is 4.52. The van der Waals surface area contributed by atoms with Crippen LogP contribution in [0.25, 0.3) is 0 Å². The molecule has 0 saturated heterocycles. The molecule has 2 aliphatic rings. The Bertz CT molecular complexity index is 831. The molecule has 32 heavy (non-hydrogen) atoms. The summed E-state index contributed by atoms with van der Waals surface area (Å²) in [5, 5.41) is 0. The first-order valence-electron chi connectivity index (χ1n) is 11.5. The summed E-state index contributed by atoms with van der Waals surface area (Å²) in [4.78, 5) is 0. The standard InChI is InChI=1S/C25H32F4O3/c1-3-5-15-30-20-12-13-21(23(28)22(20)27)31-16-17-8-10-18(11-9-17)25(32-4-2)14-6-7-19(26)24(25)29/h6,12-14,17-18H,3-5,7-11,15-16H2,1-2H3. The second-order valence-electron chi connectivity index (χ2n) is 8.47. The van der Waals surface area contributed by atoms with Crippen LogP contribution in [0.15, 0.2) is 35.9 Å². The molecule has 0 spiro atoms. The summed E-state index contributed by atoms with van der Waals surface area (Å²) in [5.41, 5.74) is -1.34. The van der Waals surface area contributed by atoms with E-state index < -0.39 is 28.9 Å². The molecule has 1 atom stereocenters. The average molecular weight is 457 g/mol. The number of ether oxygens (including phenoxy) is 3. The van der Waals surface area contributed by atoms with Gasteiger partial charge in [0.05, 0.1) is 13.2 Å². The van der Waals surface area contributed by atoms with Gasteiger partial charge < -0.3 is 14.2 Å². The second kappa shape index (κ2) is 11.2. The van der Waals surface area contributed by atoms with Crippen LogP contribution in [0.3, 0.4) is 0 Å². The first-order valence-corrected chi connectivity index (χ1v) is 11.5. The van der Waals surface area contributed by atoms with Crippen molar-refractivity contribution in [2.24, 2.45) is 11.8 Å². The van der Waals surface area contributed by atoms with Crippen LogP contribution in [0.1, 0.15) is 58.8 Å². The van der Waals surface area contributed by atoms with Crippen molar-refractivity contribution < 1.29 is 31.8 Å². The minimum Gasteiger partial charge on any atom is -0.490 e. The predicted molar refractivity (Wildman–Crippen MR) is 115 cm³/mol. The number of halogens is 4. The lowest BCUT2D eigenvalue weighted by Gasteiger charge is -2.42. The first kappa shape index (κ1) is 24.6. The van der Waals surface area contributed by atoms with Crippen LogP contribution in [-0.4, -0.2) is 25.4 Å². The SMILES string of the molecule is CCCCOc1ccc(OCC2CCC(C3(OCC)C=CCC(F)=C3F)CC2)c(F)c1F. The number of hydrogen-bond donors (Lipinski definition) is 0. The molecule has 0 amide bonds. The highest BCUT2D eigenvalue weighted by Gasteiger charge is 2.46. The van der Waals surface area contributed by atoms with Gasteiger partial charge in [0, 0.05) is 13.0 Å². The van der Waals surface area contributed by atoms with E-state index in [2.05, 4.69) is 0 Å². The molecular weight excluding hydrogens is 424 g/mol. The summed E-state index contributed by atoms with van der Waals surface area (Å²) in [6.07, 6.45) is 7.53. The number of benzene rings is 1. The Morgan fingerprint density at radius 3 is 2.22 bits per heavy atom. The van der Waals surface area contributed by atoms with Crippen LogP contribution >= 0.6 is 0 Å². The number of allylic oxidation sites excluding steroid dienone is 2. The van der Waals surface area contributed by atoms with Gasteiger partial charge in [-0.2, -0.15) is 8.78 Å². The third-order valence-corrected chi connectivity index (χ3v) is 6.32. The summed E-state index contributed by atoms with van der Waals surface area (Å²) in [5.74, 6) is -4.04. The molecule has 0 aromatic heterocycles. The molecule has 1 saturated carbocycles. The maximum absolute atomic E-state index is 14.8. The Balaban J connectivity index is 1.57. The van der Waals surface area contributed by atoms with Crippen molar-refractivity contribution in [3.05, 3.63) is 47.6 Å². The van der Waals surface area contributed by atoms with Gasteiger partial charge in [-0.3, -0.25) is 0 Å². The lowest BCUT2D eigenvalue weighted by molar-refractivity contribution is -0.0518. The van der Waals surface area contributed by atoms with E-state index in [1.807, 2.05) is 6.92 Å². The lowest BCUT2D eigenvalue weighted by atomic mass is 9.71. The van der Waals surface area contributed by atoms with Crippen molar-refractivity contribution in [2.45, 2.75) is 64.4 Å². The lowest BCUT2D eigenvalue weighted by Crippen LogP contribution is -2.43. The van der Waals surface area contributed by atoms with E-state index in [0.29, 0.717) is 32.3 Å². The number of hydrogen-bond acceptors (Lipinski definition) is 3. The van der Waals surface area contributed by atoms with Crippen LogP contribution in [0, 0.1) is 23.5 Å². The van der Waals surface area contributed by atoms with Gasteiger partial charge in [-0.25, -0.2) is 8.78 Å². The van der Waals surface area contributed by atoms with Gasteiger partial charge in [-0.15, -0.1) is 0 Å². The number of unbranched alkanes of at least 4 members (excludes halogenated alkanes) is 1. The summed E-state index contributed by atoms with van der Waals surface area (Å²) >= 11 is 0. The highest BCUT2D eigenvalue weighted by atomic mass is 19.2. The van der Waals surface area contributed by atoms with E-state index in [1.54, 1.807) is 19.1 Å². The van der Waals surface area contributed by atoms with Crippen LogP contribution in [0.2, 0.25) is 0 Å². The molecule has 3 rings (SSSR count). The highest BCUT2D eigenvalue weighted by Crippen LogP contribution is 2.46. The minimum atomic E-state index is -1.34. The van der Waals surface area contributed by atoms with Gasteiger partial charge in [0.15, 0.2) is 17.3 Å². The van der Waals surface area contributed by atoms with Crippen molar-refractivity contribution in [2.75, 3.05) is 19.8 Å². The molecule has 178 valence electrons. The average Bonchev–Trinajstić information content (AvgIpc) is 2.80. The monoisotopic (exact) mass is 456 g/mol. The van der Waals surface area contributed by atoms with Crippen molar-refractivity contribution >= 4 is 0 Å². The molecule has 1 aromatic carbocycles. The fourth-order valence-corrected chi connectivity index (χ4v) is 4.52. The van der Waals surface area contributed by atoms with E-state index >= 15 is 0 Å².